The van der Waals surface area contributed by atoms with Crippen LogP contribution in [0.1, 0.15) is 31.9 Å². The smallest absolute Gasteiger partial charge is 0.340 e. The van der Waals surface area contributed by atoms with Gasteiger partial charge in [0.25, 0.3) is 0 Å². The van der Waals surface area contributed by atoms with Gasteiger partial charge in [-0.2, -0.15) is 4.89 Å². The van der Waals surface area contributed by atoms with Crippen molar-refractivity contribution in [1.29, 1.82) is 0 Å². The Morgan fingerprint density at radius 1 is 1.23 bits per heavy atom. The third-order valence-electron chi connectivity index (χ3n) is 4.54. The van der Waals surface area contributed by atoms with Crippen molar-refractivity contribution in [2.24, 2.45) is 0 Å². The second-order valence-corrected chi connectivity index (χ2v) is 6.99. The first-order valence-corrected chi connectivity index (χ1v) is 7.96. The van der Waals surface area contributed by atoms with E-state index in [1.54, 1.807) is 6.08 Å². The lowest BCUT2D eigenvalue weighted by atomic mass is 9.83. The molecule has 2 unspecified atom stereocenters. The summed E-state index contributed by atoms with van der Waals surface area (Å²) in [6.45, 7) is 3.73. The number of hydrogen-bond acceptors (Lipinski definition) is 5. The number of fused-ring (bicyclic) bond motifs is 2. The first-order valence-electron chi connectivity index (χ1n) is 7.16. The highest BCUT2D eigenvalue weighted by Gasteiger charge is 2.61. The van der Waals surface area contributed by atoms with Crippen LogP contribution in [0.15, 0.2) is 40.4 Å². The van der Waals surface area contributed by atoms with E-state index in [1.807, 2.05) is 38.1 Å². The highest BCUT2D eigenvalue weighted by Crippen LogP contribution is 2.51. The molecule has 6 heteroatoms. The van der Waals surface area contributed by atoms with E-state index in [2.05, 4.69) is 15.9 Å². The number of hydrogen-bond donors (Lipinski definition) is 0. The second kappa shape index (κ2) is 4.64. The summed E-state index contributed by atoms with van der Waals surface area (Å²) in [7, 11) is 0. The molecule has 4 atom stereocenters. The van der Waals surface area contributed by atoms with Gasteiger partial charge in [0.05, 0.1) is 18.1 Å². The number of halogens is 1. The normalized spacial score (nSPS) is 40.0. The van der Waals surface area contributed by atoms with Crippen molar-refractivity contribution in [2.75, 3.05) is 0 Å². The summed E-state index contributed by atoms with van der Waals surface area (Å²) in [6.07, 6.45) is 1.50. The number of esters is 1. The maximum Gasteiger partial charge on any atom is 0.340 e. The number of cyclic esters (lactones) is 1. The Morgan fingerprint density at radius 3 is 2.64 bits per heavy atom. The fourth-order valence-electron chi connectivity index (χ4n) is 3.04. The summed E-state index contributed by atoms with van der Waals surface area (Å²) in [5.74, 6) is -1.59. The zero-order valence-corrected chi connectivity index (χ0v) is 13.8. The van der Waals surface area contributed by atoms with Gasteiger partial charge in [0.1, 0.15) is 11.7 Å². The van der Waals surface area contributed by atoms with Gasteiger partial charge in [0.2, 0.25) is 5.79 Å². The van der Waals surface area contributed by atoms with Gasteiger partial charge < -0.3 is 9.47 Å². The van der Waals surface area contributed by atoms with Crippen LogP contribution in [0.4, 0.5) is 0 Å². The summed E-state index contributed by atoms with van der Waals surface area (Å²) >= 11 is 3.39. The van der Waals surface area contributed by atoms with Gasteiger partial charge in [-0.3, -0.25) is 0 Å². The Balaban J connectivity index is 1.72. The minimum absolute atomic E-state index is 0.207. The predicted octanol–water partition coefficient (Wildman–Crippen LogP) is 3.20. The fraction of sp³-hybridized carbons (Fsp3) is 0.438. The minimum atomic E-state index is -1.18. The van der Waals surface area contributed by atoms with Crippen molar-refractivity contribution < 1.29 is 24.0 Å². The number of ether oxygens (including phenoxy) is 2. The van der Waals surface area contributed by atoms with Crippen LogP contribution >= 0.6 is 15.9 Å². The maximum atomic E-state index is 12.4. The van der Waals surface area contributed by atoms with Crippen molar-refractivity contribution in [3.8, 4) is 0 Å². The maximum absolute atomic E-state index is 12.4. The molecule has 1 aromatic carbocycles. The predicted molar refractivity (Wildman–Crippen MR) is 79.5 cm³/mol. The molecule has 1 aromatic rings. The Labute approximate surface area is 136 Å². The van der Waals surface area contributed by atoms with Crippen molar-refractivity contribution in [3.05, 3.63) is 46.0 Å². The molecule has 0 radical (unpaired) electrons. The zero-order valence-electron chi connectivity index (χ0n) is 12.2. The van der Waals surface area contributed by atoms with E-state index in [-0.39, 0.29) is 6.10 Å². The summed E-state index contributed by atoms with van der Waals surface area (Å²) in [4.78, 5) is 23.4. The van der Waals surface area contributed by atoms with Gasteiger partial charge in [0, 0.05) is 4.47 Å². The lowest BCUT2D eigenvalue weighted by molar-refractivity contribution is -0.518. The summed E-state index contributed by atoms with van der Waals surface area (Å²) in [6, 6.07) is 7.64. The molecule has 0 amide bonds. The molecule has 4 heterocycles. The van der Waals surface area contributed by atoms with E-state index in [4.69, 9.17) is 19.2 Å². The Bertz CT molecular complexity index is 670. The second-order valence-electron chi connectivity index (χ2n) is 6.07. The molecule has 1 spiro atoms. The van der Waals surface area contributed by atoms with Crippen LogP contribution in [0.25, 0.3) is 0 Å². The van der Waals surface area contributed by atoms with Gasteiger partial charge in [-0.25, -0.2) is 9.68 Å². The van der Waals surface area contributed by atoms with Crippen molar-refractivity contribution >= 4 is 21.9 Å². The van der Waals surface area contributed by atoms with Crippen molar-refractivity contribution in [3.63, 3.8) is 0 Å². The molecular weight excluding hydrogens is 352 g/mol. The monoisotopic (exact) mass is 366 g/mol. The zero-order chi connectivity index (χ0) is 15.5. The van der Waals surface area contributed by atoms with E-state index in [9.17, 15) is 4.79 Å². The van der Waals surface area contributed by atoms with Gasteiger partial charge in [-0.15, -0.1) is 0 Å². The molecule has 0 N–H and O–H groups in total. The van der Waals surface area contributed by atoms with E-state index in [1.165, 1.54) is 0 Å². The van der Waals surface area contributed by atoms with E-state index in [0.29, 0.717) is 12.0 Å². The molecule has 116 valence electrons. The minimum Gasteiger partial charge on any atom is -0.454 e. The molecule has 5 nitrogen and oxygen atoms in total. The van der Waals surface area contributed by atoms with Crippen LogP contribution < -0.4 is 0 Å². The standard InChI is InChI=1S/C16H15BrO5/c1-9-15(2)7-12-14(18)19-13(8-16(12,20-9)22-21-15)10-3-5-11(17)6-4-10/h3-7,9,13H,8H2,1-2H3/t9?,13?,15-,16+/m1/s1. The van der Waals surface area contributed by atoms with Crippen LogP contribution in [0.5, 0.6) is 0 Å². The summed E-state index contributed by atoms with van der Waals surface area (Å²) in [5, 5.41) is 0. The van der Waals surface area contributed by atoms with Gasteiger partial charge >= 0.3 is 5.97 Å². The average molecular weight is 367 g/mol. The number of carbonyl (C=O) groups excluding carboxylic acids is 1. The number of carbonyl (C=O) groups is 1. The molecular formula is C16H15BrO5. The molecule has 4 aliphatic heterocycles. The number of rotatable bonds is 1. The topological polar surface area (TPSA) is 54.0 Å². The van der Waals surface area contributed by atoms with E-state index in [0.717, 1.165) is 10.0 Å². The third kappa shape index (κ3) is 1.98. The summed E-state index contributed by atoms with van der Waals surface area (Å²) < 4.78 is 12.5. The lowest BCUT2D eigenvalue weighted by Crippen LogP contribution is -2.63. The Kier molecular flexibility index (Phi) is 3.04. The highest BCUT2D eigenvalue weighted by molar-refractivity contribution is 9.10. The molecule has 5 rings (SSSR count). The molecule has 22 heavy (non-hydrogen) atoms. The average Bonchev–Trinajstić information content (AvgIpc) is 2.48. The first kappa shape index (κ1) is 14.4. The van der Waals surface area contributed by atoms with Crippen molar-refractivity contribution in [2.45, 2.75) is 43.9 Å². The molecule has 2 saturated heterocycles. The fourth-order valence-corrected chi connectivity index (χ4v) is 3.31. The molecule has 2 bridgehead atoms. The van der Waals surface area contributed by atoms with Crippen LogP contribution in [-0.4, -0.2) is 23.5 Å². The SMILES string of the molecule is CC1O[C@]23CC(c4ccc(Br)cc4)OC(=O)C2=C[C@@]1(C)OO3. The molecule has 4 aliphatic rings. The number of benzene rings is 1. The molecule has 0 aliphatic carbocycles. The van der Waals surface area contributed by atoms with Crippen LogP contribution in [-0.2, 0) is 24.0 Å². The summed E-state index contributed by atoms with van der Waals surface area (Å²) in [5.41, 5.74) is 0.525. The van der Waals surface area contributed by atoms with Gasteiger partial charge in [0.15, 0.2) is 0 Å². The van der Waals surface area contributed by atoms with Crippen LogP contribution in [0.2, 0.25) is 0 Å². The molecule has 2 fully saturated rings. The van der Waals surface area contributed by atoms with Gasteiger partial charge in [-0.1, -0.05) is 28.1 Å². The Hall–Kier alpha value is -1.21. The van der Waals surface area contributed by atoms with E-state index >= 15 is 0 Å². The highest BCUT2D eigenvalue weighted by atomic mass is 79.9. The van der Waals surface area contributed by atoms with E-state index < -0.39 is 23.5 Å². The van der Waals surface area contributed by atoms with Crippen LogP contribution in [0, 0.1) is 0 Å². The van der Waals surface area contributed by atoms with Crippen molar-refractivity contribution in [1.82, 2.24) is 0 Å². The molecule has 0 saturated carbocycles. The quantitative estimate of drug-likeness (QED) is 0.564. The molecule has 0 aromatic heterocycles. The Morgan fingerprint density at radius 2 is 1.95 bits per heavy atom. The van der Waals surface area contributed by atoms with Gasteiger partial charge in [-0.05, 0) is 37.6 Å². The lowest BCUT2D eigenvalue weighted by Gasteiger charge is -2.53. The van der Waals surface area contributed by atoms with Crippen LogP contribution in [0.3, 0.4) is 0 Å². The first-order chi connectivity index (χ1) is 10.4. The third-order valence-corrected chi connectivity index (χ3v) is 5.07. The largest absolute Gasteiger partial charge is 0.454 e.